The molecular weight excluding hydrogens is 226 g/mol. The van der Waals surface area contributed by atoms with E-state index in [1.807, 2.05) is 13.2 Å². The normalized spacial score (nSPS) is 10.4. The minimum absolute atomic E-state index is 0.439. The maximum atomic E-state index is 11.0. The standard InChI is InChI=1S/C11H10ClN3O/c1-7-9(11(12)16)3-4-10(14-7)8-5-13-15(2)6-8/h3-6H,1-2H3. The van der Waals surface area contributed by atoms with Crippen molar-refractivity contribution >= 4 is 16.8 Å². The zero-order chi connectivity index (χ0) is 11.7. The van der Waals surface area contributed by atoms with Crippen molar-refractivity contribution in [2.75, 3.05) is 0 Å². The SMILES string of the molecule is Cc1nc(-c2cnn(C)c2)ccc1C(=O)Cl. The number of aryl methyl sites for hydroxylation is 2. The highest BCUT2D eigenvalue weighted by molar-refractivity contribution is 6.67. The maximum absolute atomic E-state index is 11.0. The third-order valence-corrected chi connectivity index (χ3v) is 2.50. The lowest BCUT2D eigenvalue weighted by Crippen LogP contribution is -1.97. The Hall–Kier alpha value is -1.68. The first-order valence-corrected chi connectivity index (χ1v) is 5.12. The molecule has 4 nitrogen and oxygen atoms in total. The number of pyridine rings is 1. The number of hydrogen-bond acceptors (Lipinski definition) is 3. The molecule has 0 N–H and O–H groups in total. The average molecular weight is 236 g/mol. The summed E-state index contributed by atoms with van der Waals surface area (Å²) in [5.41, 5.74) is 2.77. The van der Waals surface area contributed by atoms with Crippen molar-refractivity contribution in [2.45, 2.75) is 6.92 Å². The van der Waals surface area contributed by atoms with Gasteiger partial charge in [0.2, 0.25) is 0 Å². The van der Waals surface area contributed by atoms with Crippen LogP contribution in [0.1, 0.15) is 16.1 Å². The van der Waals surface area contributed by atoms with E-state index in [4.69, 9.17) is 11.6 Å². The topological polar surface area (TPSA) is 47.8 Å². The summed E-state index contributed by atoms with van der Waals surface area (Å²) in [6, 6.07) is 3.44. The molecule has 0 aliphatic heterocycles. The molecule has 5 heteroatoms. The van der Waals surface area contributed by atoms with Gasteiger partial charge < -0.3 is 0 Å². The predicted octanol–water partition coefficient (Wildman–Crippen LogP) is 2.17. The van der Waals surface area contributed by atoms with Gasteiger partial charge in [-0.25, -0.2) is 0 Å². The third-order valence-electron chi connectivity index (χ3n) is 2.30. The fourth-order valence-electron chi connectivity index (χ4n) is 1.48. The van der Waals surface area contributed by atoms with Gasteiger partial charge in [-0.15, -0.1) is 0 Å². The molecule has 2 heterocycles. The predicted molar refractivity (Wildman–Crippen MR) is 61.4 cm³/mol. The highest BCUT2D eigenvalue weighted by Gasteiger charge is 2.09. The summed E-state index contributed by atoms with van der Waals surface area (Å²) in [4.78, 5) is 15.3. The molecule has 0 aliphatic carbocycles. The van der Waals surface area contributed by atoms with Crippen LogP contribution in [0.5, 0.6) is 0 Å². The van der Waals surface area contributed by atoms with E-state index in [-0.39, 0.29) is 0 Å². The Morgan fingerprint density at radius 1 is 1.44 bits per heavy atom. The van der Waals surface area contributed by atoms with E-state index in [0.29, 0.717) is 11.3 Å². The van der Waals surface area contributed by atoms with Gasteiger partial charge in [0.15, 0.2) is 0 Å². The maximum Gasteiger partial charge on any atom is 0.254 e. The minimum Gasteiger partial charge on any atom is -0.276 e. The van der Waals surface area contributed by atoms with Crippen LogP contribution in [-0.4, -0.2) is 20.0 Å². The Balaban J connectivity index is 2.45. The molecule has 2 aromatic heterocycles. The van der Waals surface area contributed by atoms with E-state index in [9.17, 15) is 4.79 Å². The van der Waals surface area contributed by atoms with Crippen LogP contribution in [0.3, 0.4) is 0 Å². The van der Waals surface area contributed by atoms with Gasteiger partial charge in [-0.05, 0) is 30.7 Å². The van der Waals surface area contributed by atoms with E-state index in [1.165, 1.54) is 0 Å². The first-order chi connectivity index (χ1) is 7.58. The first-order valence-electron chi connectivity index (χ1n) is 4.74. The van der Waals surface area contributed by atoms with Crippen LogP contribution < -0.4 is 0 Å². The van der Waals surface area contributed by atoms with Crippen molar-refractivity contribution in [2.24, 2.45) is 7.05 Å². The number of rotatable bonds is 2. The summed E-state index contributed by atoms with van der Waals surface area (Å²) in [5, 5.41) is 3.58. The summed E-state index contributed by atoms with van der Waals surface area (Å²) in [7, 11) is 1.84. The highest BCUT2D eigenvalue weighted by Crippen LogP contribution is 2.18. The Morgan fingerprint density at radius 2 is 2.19 bits per heavy atom. The molecule has 0 saturated carbocycles. The van der Waals surface area contributed by atoms with Gasteiger partial charge >= 0.3 is 0 Å². The number of aromatic nitrogens is 3. The second-order valence-electron chi connectivity index (χ2n) is 3.51. The summed E-state index contributed by atoms with van der Waals surface area (Å²) in [6.07, 6.45) is 3.59. The molecule has 0 amide bonds. The number of halogens is 1. The second kappa shape index (κ2) is 4.06. The molecule has 0 unspecified atom stereocenters. The Kier molecular flexibility index (Phi) is 2.75. The van der Waals surface area contributed by atoms with Crippen molar-refractivity contribution in [1.29, 1.82) is 0 Å². The molecule has 2 rings (SSSR count). The molecule has 0 aliphatic rings. The van der Waals surface area contributed by atoms with Crippen LogP contribution >= 0.6 is 11.6 Å². The van der Waals surface area contributed by atoms with Crippen LogP contribution in [0.4, 0.5) is 0 Å². The Labute approximate surface area is 97.9 Å². The number of carbonyl (C=O) groups excluding carboxylic acids is 1. The zero-order valence-corrected chi connectivity index (χ0v) is 9.69. The lowest BCUT2D eigenvalue weighted by atomic mass is 10.1. The van der Waals surface area contributed by atoms with Crippen LogP contribution in [0.15, 0.2) is 24.5 Å². The van der Waals surface area contributed by atoms with Crippen molar-refractivity contribution in [3.8, 4) is 11.3 Å². The van der Waals surface area contributed by atoms with Gasteiger partial charge in [-0.3, -0.25) is 14.5 Å². The van der Waals surface area contributed by atoms with E-state index in [0.717, 1.165) is 11.3 Å². The van der Waals surface area contributed by atoms with Gasteiger partial charge in [0.1, 0.15) is 0 Å². The summed E-state index contributed by atoms with van der Waals surface area (Å²) in [5.74, 6) is 0. The molecule has 0 spiro atoms. The van der Waals surface area contributed by atoms with Gasteiger partial charge in [-0.2, -0.15) is 5.10 Å². The van der Waals surface area contributed by atoms with Crippen LogP contribution in [-0.2, 0) is 7.05 Å². The molecule has 82 valence electrons. The monoisotopic (exact) mass is 235 g/mol. The van der Waals surface area contributed by atoms with Crippen molar-refractivity contribution < 1.29 is 4.79 Å². The molecule has 0 radical (unpaired) electrons. The molecule has 2 aromatic rings. The lowest BCUT2D eigenvalue weighted by Gasteiger charge is -2.02. The third kappa shape index (κ3) is 1.97. The summed E-state index contributed by atoms with van der Waals surface area (Å²) >= 11 is 5.42. The van der Waals surface area contributed by atoms with Gasteiger partial charge in [-0.1, -0.05) is 0 Å². The molecule has 0 atom stereocenters. The minimum atomic E-state index is -0.484. The lowest BCUT2D eigenvalue weighted by molar-refractivity contribution is 0.108. The second-order valence-corrected chi connectivity index (χ2v) is 3.85. The molecule has 0 saturated heterocycles. The smallest absolute Gasteiger partial charge is 0.254 e. The molecule has 0 fully saturated rings. The average Bonchev–Trinajstić information content (AvgIpc) is 2.64. The van der Waals surface area contributed by atoms with E-state index in [1.54, 1.807) is 29.9 Å². The van der Waals surface area contributed by atoms with Crippen molar-refractivity contribution in [1.82, 2.24) is 14.8 Å². The largest absolute Gasteiger partial charge is 0.276 e. The fraction of sp³-hybridized carbons (Fsp3) is 0.182. The van der Waals surface area contributed by atoms with E-state index >= 15 is 0 Å². The van der Waals surface area contributed by atoms with E-state index < -0.39 is 5.24 Å². The number of nitrogens with zero attached hydrogens (tertiary/aromatic N) is 3. The molecular formula is C11H10ClN3O. The molecule has 16 heavy (non-hydrogen) atoms. The fourth-order valence-corrected chi connectivity index (χ4v) is 1.68. The Morgan fingerprint density at radius 3 is 2.69 bits per heavy atom. The van der Waals surface area contributed by atoms with Crippen LogP contribution in [0, 0.1) is 6.92 Å². The summed E-state index contributed by atoms with van der Waals surface area (Å²) < 4.78 is 1.70. The number of carbonyl (C=O) groups is 1. The zero-order valence-electron chi connectivity index (χ0n) is 8.94. The Bertz CT molecular complexity index is 548. The van der Waals surface area contributed by atoms with Crippen molar-refractivity contribution in [3.63, 3.8) is 0 Å². The number of hydrogen-bond donors (Lipinski definition) is 0. The van der Waals surface area contributed by atoms with Crippen LogP contribution in [0.25, 0.3) is 11.3 Å². The van der Waals surface area contributed by atoms with Gasteiger partial charge in [0.05, 0.1) is 23.1 Å². The van der Waals surface area contributed by atoms with Gasteiger partial charge in [0.25, 0.3) is 5.24 Å². The highest BCUT2D eigenvalue weighted by atomic mass is 35.5. The van der Waals surface area contributed by atoms with Crippen molar-refractivity contribution in [3.05, 3.63) is 35.8 Å². The van der Waals surface area contributed by atoms with E-state index in [2.05, 4.69) is 10.1 Å². The first kappa shape index (κ1) is 10.8. The van der Waals surface area contributed by atoms with Crippen LogP contribution in [0.2, 0.25) is 0 Å². The molecule has 0 aromatic carbocycles. The van der Waals surface area contributed by atoms with Gasteiger partial charge in [0, 0.05) is 18.8 Å². The molecule has 0 bridgehead atoms. The summed E-state index contributed by atoms with van der Waals surface area (Å²) in [6.45, 7) is 1.76. The quantitative estimate of drug-likeness (QED) is 0.750.